The molecule has 0 unspecified atom stereocenters. The molecule has 2 aromatic carbocycles. The van der Waals surface area contributed by atoms with Crippen molar-refractivity contribution in [1.29, 1.82) is 0 Å². The maximum Gasteiger partial charge on any atom is 0.320 e. The summed E-state index contributed by atoms with van der Waals surface area (Å²) >= 11 is 0. The van der Waals surface area contributed by atoms with Crippen molar-refractivity contribution >= 4 is 27.9 Å². The zero-order valence-corrected chi connectivity index (χ0v) is 28.5. The second kappa shape index (κ2) is 13.1. The summed E-state index contributed by atoms with van der Waals surface area (Å²) < 4.78 is 36.1. The number of ether oxygens (including phenoxy) is 1. The van der Waals surface area contributed by atoms with E-state index in [2.05, 4.69) is 33.4 Å². The molecular weight excluding hydrogens is 618 g/mol. The van der Waals surface area contributed by atoms with E-state index >= 15 is 0 Å². The third-order valence-corrected chi connectivity index (χ3v) is 10.5. The number of nitrogens with zero attached hydrogens (tertiary/aromatic N) is 6. The number of aryl methyl sites for hydroxylation is 2. The van der Waals surface area contributed by atoms with E-state index in [1.165, 1.54) is 12.1 Å². The van der Waals surface area contributed by atoms with E-state index in [4.69, 9.17) is 4.74 Å². The molecule has 13 heteroatoms. The summed E-state index contributed by atoms with van der Waals surface area (Å²) in [5.74, 6) is -0.00749. The monoisotopic (exact) mass is 661 g/mol. The molecule has 0 radical (unpaired) electrons. The Labute approximate surface area is 276 Å². The van der Waals surface area contributed by atoms with Gasteiger partial charge in [0, 0.05) is 56.5 Å². The number of anilines is 1. The van der Waals surface area contributed by atoms with Gasteiger partial charge in [-0.25, -0.2) is 22.9 Å². The van der Waals surface area contributed by atoms with Gasteiger partial charge in [0.1, 0.15) is 6.61 Å². The summed E-state index contributed by atoms with van der Waals surface area (Å²) in [4.78, 5) is 44.3. The Morgan fingerprint density at radius 3 is 2.34 bits per heavy atom. The van der Waals surface area contributed by atoms with E-state index in [-0.39, 0.29) is 58.8 Å². The summed E-state index contributed by atoms with van der Waals surface area (Å²) in [7, 11) is -2.12. The highest BCUT2D eigenvalue weighted by Gasteiger charge is 2.43. The van der Waals surface area contributed by atoms with Gasteiger partial charge < -0.3 is 24.3 Å². The molecule has 1 aromatic heterocycles. The van der Waals surface area contributed by atoms with Crippen molar-refractivity contribution in [3.63, 3.8) is 0 Å². The predicted molar refractivity (Wildman–Crippen MR) is 179 cm³/mol. The lowest BCUT2D eigenvalue weighted by atomic mass is 9.97. The standard InChI is InChI=1S/C34H43N7O5S/c1-22(2)16-26-21-46-30-18-29(31-23(3)8-6-9-24(31)4)35-33(36-30)37-47(44,45)28-11-7-10-25(17-28)32(42)41(26)27-19-40(20-27)34(43)39-14-12-38(5)13-15-39/h6-11,17-18,22,26-27H,12-16,19-21H2,1-5H3,(H,35,36,37)/t26-/m1/s1. The number of carbonyl (C=O) groups excluding carboxylic acids is 2. The lowest BCUT2D eigenvalue weighted by Crippen LogP contribution is -2.67. The zero-order valence-electron chi connectivity index (χ0n) is 27.6. The van der Waals surface area contributed by atoms with Gasteiger partial charge in [-0.1, -0.05) is 38.1 Å². The fourth-order valence-electron chi connectivity index (χ4n) is 6.62. The largest absolute Gasteiger partial charge is 0.475 e. The van der Waals surface area contributed by atoms with Crippen LogP contribution in [0.3, 0.4) is 0 Å². The lowest BCUT2D eigenvalue weighted by Gasteiger charge is -2.50. The first-order chi connectivity index (χ1) is 22.4. The Balaban J connectivity index is 1.38. The molecule has 1 atom stereocenters. The summed E-state index contributed by atoms with van der Waals surface area (Å²) in [6.45, 7) is 12.0. The van der Waals surface area contributed by atoms with E-state index in [9.17, 15) is 18.0 Å². The van der Waals surface area contributed by atoms with E-state index in [1.807, 2.05) is 44.0 Å². The normalized spacial score (nSPS) is 20.4. The molecule has 12 nitrogen and oxygen atoms in total. The number of hydrogen-bond acceptors (Lipinski definition) is 8. The van der Waals surface area contributed by atoms with Crippen molar-refractivity contribution in [2.75, 3.05) is 57.6 Å². The van der Waals surface area contributed by atoms with Gasteiger partial charge in [-0.15, -0.1) is 0 Å². The highest BCUT2D eigenvalue weighted by atomic mass is 32.2. The fourth-order valence-corrected chi connectivity index (χ4v) is 7.61. The Morgan fingerprint density at radius 1 is 0.979 bits per heavy atom. The molecule has 0 saturated carbocycles. The maximum atomic E-state index is 14.4. The molecule has 4 bridgehead atoms. The van der Waals surface area contributed by atoms with Crippen LogP contribution in [0.25, 0.3) is 11.3 Å². The predicted octanol–water partition coefficient (Wildman–Crippen LogP) is 3.86. The summed E-state index contributed by atoms with van der Waals surface area (Å²) in [6, 6.07) is 13.0. The van der Waals surface area contributed by atoms with Gasteiger partial charge in [0.2, 0.25) is 11.8 Å². The summed E-state index contributed by atoms with van der Waals surface area (Å²) in [6.07, 6.45) is 0.632. The molecular formula is C34H43N7O5S. The van der Waals surface area contributed by atoms with E-state index in [1.54, 1.807) is 28.0 Å². The van der Waals surface area contributed by atoms with Crippen LogP contribution >= 0.6 is 0 Å². The molecule has 2 saturated heterocycles. The van der Waals surface area contributed by atoms with Gasteiger partial charge >= 0.3 is 6.03 Å². The Morgan fingerprint density at radius 2 is 1.66 bits per heavy atom. The van der Waals surface area contributed by atoms with Crippen LogP contribution in [0.1, 0.15) is 41.8 Å². The van der Waals surface area contributed by atoms with E-state index < -0.39 is 10.0 Å². The third-order valence-electron chi connectivity index (χ3n) is 9.15. The van der Waals surface area contributed by atoms with Gasteiger partial charge in [-0.3, -0.25) is 4.79 Å². The molecule has 3 aromatic rings. The third kappa shape index (κ3) is 6.91. The second-order valence-electron chi connectivity index (χ2n) is 13.3. The average molecular weight is 662 g/mol. The van der Waals surface area contributed by atoms with Crippen LogP contribution in [0.15, 0.2) is 53.4 Å². The molecule has 3 aliphatic heterocycles. The number of likely N-dealkylation sites (tertiary alicyclic amines) is 1. The highest BCUT2D eigenvalue weighted by molar-refractivity contribution is 7.92. The number of carbonyl (C=O) groups is 2. The first-order valence-corrected chi connectivity index (χ1v) is 17.6. The number of aromatic nitrogens is 2. The number of fused-ring (bicyclic) bond motifs is 4. The SMILES string of the molecule is Cc1cccc(C)c1-c1cc2nc(n1)NS(=O)(=O)c1cccc(c1)C(=O)N(C1CN(C(=O)N3CCN(C)CC3)C1)[C@H](CC(C)C)CO2. The minimum atomic E-state index is -4.16. The molecule has 0 aliphatic carbocycles. The maximum absolute atomic E-state index is 14.4. The minimum Gasteiger partial charge on any atom is -0.475 e. The number of sulfonamides is 1. The molecule has 0 spiro atoms. The van der Waals surface area contributed by atoms with Crippen molar-refractivity contribution in [3.8, 4) is 17.1 Å². The van der Waals surface area contributed by atoms with Gasteiger partial charge in [0.15, 0.2) is 0 Å². The topological polar surface area (TPSA) is 128 Å². The number of likely N-dealkylation sites (N-methyl/N-ethyl adjacent to an activating group) is 1. The molecule has 3 aliphatic rings. The van der Waals surface area contributed by atoms with Crippen molar-refractivity contribution < 1.29 is 22.7 Å². The summed E-state index contributed by atoms with van der Waals surface area (Å²) in [5.41, 5.74) is 3.58. The molecule has 3 amide bonds. The number of hydrogen-bond donors (Lipinski definition) is 1. The van der Waals surface area contributed by atoms with Crippen LogP contribution in [0.5, 0.6) is 5.88 Å². The first-order valence-electron chi connectivity index (χ1n) is 16.2. The number of rotatable bonds is 4. The zero-order chi connectivity index (χ0) is 33.5. The number of urea groups is 1. The Hall–Kier alpha value is -4.23. The quantitative estimate of drug-likeness (QED) is 0.447. The van der Waals surface area contributed by atoms with E-state index in [0.29, 0.717) is 38.3 Å². The van der Waals surface area contributed by atoms with Crippen molar-refractivity contribution in [3.05, 3.63) is 65.2 Å². The van der Waals surface area contributed by atoms with Gasteiger partial charge in [0.25, 0.3) is 15.9 Å². The van der Waals surface area contributed by atoms with Crippen molar-refractivity contribution in [1.82, 2.24) is 29.6 Å². The van der Waals surface area contributed by atoms with E-state index in [0.717, 1.165) is 29.8 Å². The smallest absolute Gasteiger partial charge is 0.320 e. The van der Waals surface area contributed by atoms with Gasteiger partial charge in [0.05, 0.1) is 22.7 Å². The van der Waals surface area contributed by atoms with Crippen molar-refractivity contribution in [2.24, 2.45) is 5.92 Å². The molecule has 47 heavy (non-hydrogen) atoms. The second-order valence-corrected chi connectivity index (χ2v) is 14.9. The van der Waals surface area contributed by atoms with Crippen LogP contribution in [0, 0.1) is 19.8 Å². The first kappa shape index (κ1) is 32.7. The minimum absolute atomic E-state index is 0.0176. The highest BCUT2D eigenvalue weighted by Crippen LogP contribution is 2.31. The molecule has 4 heterocycles. The molecule has 2 fully saturated rings. The number of nitrogens with one attached hydrogen (secondary N) is 1. The van der Waals surface area contributed by atoms with Crippen LogP contribution < -0.4 is 9.46 Å². The summed E-state index contributed by atoms with van der Waals surface area (Å²) in [5, 5.41) is 0. The van der Waals surface area contributed by atoms with Crippen LogP contribution in [0.4, 0.5) is 10.7 Å². The molecule has 6 rings (SSSR count). The van der Waals surface area contributed by atoms with Crippen LogP contribution in [-0.2, 0) is 10.0 Å². The Bertz CT molecular complexity index is 1750. The number of amides is 3. The van der Waals surface area contributed by atoms with Gasteiger partial charge in [-0.05, 0) is 62.6 Å². The lowest BCUT2D eigenvalue weighted by molar-refractivity contribution is 0.00232. The van der Waals surface area contributed by atoms with Gasteiger partial charge in [-0.2, -0.15) is 4.98 Å². The number of piperazine rings is 1. The van der Waals surface area contributed by atoms with Crippen molar-refractivity contribution in [2.45, 2.75) is 51.1 Å². The van der Waals surface area contributed by atoms with Crippen LogP contribution in [-0.4, -0.2) is 115 Å². The Kier molecular flexibility index (Phi) is 9.12. The average Bonchev–Trinajstić information content (AvgIpc) is 3.00. The number of benzene rings is 2. The van der Waals surface area contributed by atoms with Crippen LogP contribution in [0.2, 0.25) is 0 Å². The molecule has 250 valence electrons. The fraction of sp³-hybridized carbons (Fsp3) is 0.471. The molecule has 1 N–H and O–H groups in total.